The predicted molar refractivity (Wildman–Crippen MR) is 92.7 cm³/mol. The van der Waals surface area contributed by atoms with Gasteiger partial charge >= 0.3 is 0 Å². The fourth-order valence-corrected chi connectivity index (χ4v) is 2.08. The zero-order chi connectivity index (χ0) is 16.3. The first-order valence-electron chi connectivity index (χ1n) is 9.09. The van der Waals surface area contributed by atoms with E-state index in [0.717, 1.165) is 25.7 Å². The van der Waals surface area contributed by atoms with Crippen molar-refractivity contribution in [3.8, 4) is 0 Å². The first-order chi connectivity index (χ1) is 10.1. The van der Waals surface area contributed by atoms with Gasteiger partial charge in [-0.3, -0.25) is 4.79 Å². The Bertz CT molecular complexity index is 234. The van der Waals surface area contributed by atoms with Crippen LogP contribution in [-0.2, 0) is 9.59 Å². The lowest BCUT2D eigenvalue weighted by atomic mass is 10.1. The van der Waals surface area contributed by atoms with Crippen molar-refractivity contribution in [2.75, 3.05) is 0 Å². The van der Waals surface area contributed by atoms with Gasteiger partial charge in [0.05, 0.1) is 0 Å². The molecule has 0 unspecified atom stereocenters. The molecule has 0 amide bonds. The van der Waals surface area contributed by atoms with Gasteiger partial charge in [0.25, 0.3) is 0 Å². The van der Waals surface area contributed by atoms with Crippen LogP contribution in [0.15, 0.2) is 0 Å². The van der Waals surface area contributed by atoms with Gasteiger partial charge in [-0.15, -0.1) is 0 Å². The summed E-state index contributed by atoms with van der Waals surface area (Å²) in [4.78, 5) is 21.3. The molecule has 0 saturated heterocycles. The van der Waals surface area contributed by atoms with Crippen molar-refractivity contribution in [3.63, 3.8) is 0 Å². The van der Waals surface area contributed by atoms with E-state index >= 15 is 0 Å². The SMILES string of the molecule is CCCCCCCC(=O)CC.CCCCCCCC(C)=O. The van der Waals surface area contributed by atoms with E-state index < -0.39 is 0 Å². The van der Waals surface area contributed by atoms with Crippen molar-refractivity contribution in [2.24, 2.45) is 0 Å². The number of carbonyl (C=O) groups excluding carboxylic acids is 2. The van der Waals surface area contributed by atoms with Crippen molar-refractivity contribution in [2.45, 2.75) is 111 Å². The number of hydrogen-bond acceptors (Lipinski definition) is 2. The summed E-state index contributed by atoms with van der Waals surface area (Å²) in [5.74, 6) is 0.748. The molecule has 0 heterocycles. The fourth-order valence-electron chi connectivity index (χ4n) is 2.08. The summed E-state index contributed by atoms with van der Waals surface area (Å²) < 4.78 is 0. The van der Waals surface area contributed by atoms with Crippen LogP contribution in [0.4, 0.5) is 0 Å². The molecule has 0 aromatic heterocycles. The Hall–Kier alpha value is -0.660. The molecule has 0 radical (unpaired) electrons. The van der Waals surface area contributed by atoms with Crippen molar-refractivity contribution in [3.05, 3.63) is 0 Å². The molecule has 0 spiro atoms. The summed E-state index contributed by atoms with van der Waals surface area (Å²) in [6.45, 7) is 8.01. The van der Waals surface area contributed by atoms with Gasteiger partial charge in [0.15, 0.2) is 0 Å². The average molecular weight is 299 g/mol. The van der Waals surface area contributed by atoms with E-state index in [1.54, 1.807) is 6.92 Å². The maximum absolute atomic E-state index is 10.8. The van der Waals surface area contributed by atoms with E-state index in [4.69, 9.17) is 0 Å². The lowest BCUT2D eigenvalue weighted by molar-refractivity contribution is -0.119. The molecule has 0 aromatic rings. The van der Waals surface area contributed by atoms with Crippen LogP contribution in [0.5, 0.6) is 0 Å². The van der Waals surface area contributed by atoms with E-state index in [1.807, 2.05) is 6.92 Å². The molecule has 0 rings (SSSR count). The number of unbranched alkanes of at least 4 members (excludes halogenated alkanes) is 8. The van der Waals surface area contributed by atoms with E-state index in [1.165, 1.54) is 51.4 Å². The van der Waals surface area contributed by atoms with Crippen molar-refractivity contribution >= 4 is 11.6 Å². The van der Waals surface area contributed by atoms with Gasteiger partial charge in [0, 0.05) is 19.3 Å². The zero-order valence-corrected chi connectivity index (χ0v) is 15.0. The topological polar surface area (TPSA) is 34.1 Å². The highest BCUT2D eigenvalue weighted by Gasteiger charge is 1.96. The minimum atomic E-state index is 0.330. The van der Waals surface area contributed by atoms with E-state index in [0.29, 0.717) is 18.0 Å². The second kappa shape index (κ2) is 19.3. The van der Waals surface area contributed by atoms with Gasteiger partial charge in [-0.25, -0.2) is 0 Å². The molecular weight excluding hydrogens is 260 g/mol. The molecule has 0 atom stereocenters. The summed E-state index contributed by atoms with van der Waals surface area (Å²) >= 11 is 0. The second-order valence-electron chi connectivity index (χ2n) is 5.92. The average Bonchev–Trinajstić information content (AvgIpc) is 2.47. The van der Waals surface area contributed by atoms with Gasteiger partial charge in [-0.2, -0.15) is 0 Å². The lowest BCUT2D eigenvalue weighted by Gasteiger charge is -1.97. The quantitative estimate of drug-likeness (QED) is 0.376. The summed E-state index contributed by atoms with van der Waals surface area (Å²) in [5, 5.41) is 0. The standard InChI is InChI=1S/C10H20O.C9H18O/c1-3-5-6-7-8-9-10(11)4-2;1-3-4-5-6-7-8-9(2)10/h3-9H2,1-2H3;3-8H2,1-2H3. The number of hydrogen-bond donors (Lipinski definition) is 0. The maximum atomic E-state index is 10.8. The molecule has 2 heteroatoms. The van der Waals surface area contributed by atoms with Gasteiger partial charge in [0.1, 0.15) is 11.6 Å². The third-order valence-electron chi connectivity index (χ3n) is 3.59. The van der Waals surface area contributed by atoms with Crippen molar-refractivity contribution in [1.82, 2.24) is 0 Å². The van der Waals surface area contributed by atoms with Crippen LogP contribution in [0.2, 0.25) is 0 Å². The monoisotopic (exact) mass is 298 g/mol. The van der Waals surface area contributed by atoms with Crippen LogP contribution in [0.1, 0.15) is 111 Å². The number of Topliss-reactive ketones (excluding diaryl/α,β-unsaturated/α-hetero) is 2. The normalized spacial score (nSPS) is 9.90. The Morgan fingerprint density at radius 3 is 1.43 bits per heavy atom. The number of carbonyl (C=O) groups is 2. The van der Waals surface area contributed by atoms with Gasteiger partial charge < -0.3 is 4.79 Å². The Balaban J connectivity index is 0. The van der Waals surface area contributed by atoms with E-state index in [-0.39, 0.29) is 0 Å². The molecule has 0 fully saturated rings. The molecule has 0 aliphatic carbocycles. The molecule has 21 heavy (non-hydrogen) atoms. The second-order valence-corrected chi connectivity index (χ2v) is 5.92. The molecule has 0 aromatic carbocycles. The first kappa shape index (κ1) is 22.6. The minimum absolute atomic E-state index is 0.330. The number of ketones is 2. The van der Waals surface area contributed by atoms with E-state index in [9.17, 15) is 9.59 Å². The zero-order valence-electron chi connectivity index (χ0n) is 15.0. The molecule has 0 N–H and O–H groups in total. The molecule has 2 nitrogen and oxygen atoms in total. The van der Waals surface area contributed by atoms with E-state index in [2.05, 4.69) is 13.8 Å². The van der Waals surface area contributed by atoms with Crippen LogP contribution >= 0.6 is 0 Å². The van der Waals surface area contributed by atoms with Crippen molar-refractivity contribution < 1.29 is 9.59 Å². The summed E-state index contributed by atoms with van der Waals surface area (Å²) in [6.07, 6.45) is 14.8. The Morgan fingerprint density at radius 1 is 0.619 bits per heavy atom. The molecule has 0 aliphatic heterocycles. The Morgan fingerprint density at radius 2 is 1.05 bits per heavy atom. The maximum Gasteiger partial charge on any atom is 0.132 e. The molecule has 0 aliphatic rings. The first-order valence-corrected chi connectivity index (χ1v) is 9.09. The number of rotatable bonds is 13. The molecule has 126 valence electrons. The van der Waals surface area contributed by atoms with Gasteiger partial charge in [-0.1, -0.05) is 72.1 Å². The van der Waals surface area contributed by atoms with Crippen LogP contribution in [0.3, 0.4) is 0 Å². The van der Waals surface area contributed by atoms with Crippen molar-refractivity contribution in [1.29, 1.82) is 0 Å². The Labute approximate surface area is 133 Å². The smallest absolute Gasteiger partial charge is 0.132 e. The van der Waals surface area contributed by atoms with Gasteiger partial charge in [-0.05, 0) is 19.8 Å². The van der Waals surface area contributed by atoms with Crippen LogP contribution in [0.25, 0.3) is 0 Å². The van der Waals surface area contributed by atoms with Crippen LogP contribution in [-0.4, -0.2) is 11.6 Å². The van der Waals surface area contributed by atoms with Gasteiger partial charge in [0.2, 0.25) is 0 Å². The fraction of sp³-hybridized carbons (Fsp3) is 0.895. The summed E-state index contributed by atoms with van der Waals surface area (Å²) in [5.41, 5.74) is 0. The summed E-state index contributed by atoms with van der Waals surface area (Å²) in [6, 6.07) is 0. The summed E-state index contributed by atoms with van der Waals surface area (Å²) in [7, 11) is 0. The van der Waals surface area contributed by atoms with Crippen LogP contribution < -0.4 is 0 Å². The van der Waals surface area contributed by atoms with Crippen LogP contribution in [0, 0.1) is 0 Å². The largest absolute Gasteiger partial charge is 0.300 e. The highest BCUT2D eigenvalue weighted by atomic mass is 16.1. The molecule has 0 saturated carbocycles. The molecule has 0 bridgehead atoms. The molecular formula is C19H38O2. The minimum Gasteiger partial charge on any atom is -0.300 e. The third-order valence-corrected chi connectivity index (χ3v) is 3.59. The highest BCUT2D eigenvalue weighted by Crippen LogP contribution is 2.06. The highest BCUT2D eigenvalue weighted by molar-refractivity contribution is 5.77. The lowest BCUT2D eigenvalue weighted by Crippen LogP contribution is -1.93. The predicted octanol–water partition coefficient (Wildman–Crippen LogP) is 6.26. The third kappa shape index (κ3) is 24.7. The Kier molecular flexibility index (Phi) is 20.8.